The molecule has 0 aromatic rings. The van der Waals surface area contributed by atoms with Crippen LogP contribution in [0.3, 0.4) is 0 Å². The van der Waals surface area contributed by atoms with Crippen LogP contribution in [-0.4, -0.2) is 5.66 Å². The molecule has 0 N–H and O–H groups in total. The molecule has 0 aromatic heterocycles. The molecule has 0 atom stereocenters. The summed E-state index contributed by atoms with van der Waals surface area (Å²) in [5.74, 6) is 0. The summed E-state index contributed by atoms with van der Waals surface area (Å²) in [5, 5.41) is 0. The van der Waals surface area contributed by atoms with Crippen LogP contribution in [0.5, 0.6) is 0 Å². The van der Waals surface area contributed by atoms with E-state index in [0.29, 0.717) is 12.8 Å². The predicted molar refractivity (Wildman–Crippen MR) is 29.9 cm³/mol. The third-order valence-corrected chi connectivity index (χ3v) is 3.18. The summed E-state index contributed by atoms with van der Waals surface area (Å²) in [6, 6.07) is 0. The van der Waals surface area contributed by atoms with Gasteiger partial charge in [-0.15, -0.1) is 0 Å². The van der Waals surface area contributed by atoms with Gasteiger partial charge in [-0.1, -0.05) is 20.4 Å². The third kappa shape index (κ3) is 4.81. The minimum absolute atomic E-state index is 0. The van der Waals surface area contributed by atoms with E-state index < -0.39 is 13.3 Å². The molecule has 11 heavy (non-hydrogen) atoms. The summed E-state index contributed by atoms with van der Waals surface area (Å²) in [5.41, 5.74) is -0.544. The Hall–Kier alpha value is 1.34. The first kappa shape index (κ1) is 14.8. The van der Waals surface area contributed by atoms with Crippen molar-refractivity contribution in [1.82, 2.24) is 0 Å². The van der Waals surface area contributed by atoms with E-state index >= 15 is 0 Å². The van der Waals surface area contributed by atoms with Crippen LogP contribution in [0.1, 0.15) is 25.7 Å². The summed E-state index contributed by atoms with van der Waals surface area (Å²) < 4.78 is 10.3. The van der Waals surface area contributed by atoms with E-state index in [9.17, 15) is 14.4 Å². The average Bonchev–Trinajstić information content (AvgIpc) is 2.08. The average molecular weight is 162 g/mol. The summed E-state index contributed by atoms with van der Waals surface area (Å²) in [6.45, 7) is 0. The maximum atomic E-state index is 10.3. The van der Waals surface area contributed by atoms with Crippen LogP contribution in [0.15, 0.2) is 0 Å². The van der Waals surface area contributed by atoms with Crippen molar-refractivity contribution in [2.24, 2.45) is 0 Å². The molecule has 0 aliphatic heterocycles. The molecule has 1 fully saturated rings. The van der Waals surface area contributed by atoms with Crippen molar-refractivity contribution >= 4 is 7.60 Å². The normalized spacial score (nSPS) is 18.7. The SMILES string of the molecule is O=P([O-])([O-])C1CCCC1.[Li+].[Li+]. The van der Waals surface area contributed by atoms with Crippen LogP contribution in [0.2, 0.25) is 0 Å². The number of hydrogen-bond acceptors (Lipinski definition) is 3. The summed E-state index contributed by atoms with van der Waals surface area (Å²) >= 11 is 0. The fraction of sp³-hybridized carbons (Fsp3) is 1.00. The monoisotopic (exact) mass is 162 g/mol. The molecule has 0 spiro atoms. The van der Waals surface area contributed by atoms with Gasteiger partial charge in [0, 0.05) is 0 Å². The molecule has 54 valence electrons. The summed E-state index contributed by atoms with van der Waals surface area (Å²) in [4.78, 5) is 20.6. The van der Waals surface area contributed by atoms with E-state index in [-0.39, 0.29) is 37.7 Å². The third-order valence-electron chi connectivity index (χ3n) is 1.77. The quantitative estimate of drug-likeness (QED) is 0.284. The first-order valence-corrected chi connectivity index (χ1v) is 4.73. The second kappa shape index (κ2) is 5.90. The van der Waals surface area contributed by atoms with Crippen molar-refractivity contribution in [2.75, 3.05) is 0 Å². The Morgan fingerprint density at radius 3 is 1.64 bits per heavy atom. The van der Waals surface area contributed by atoms with E-state index in [1.165, 1.54) is 0 Å². The van der Waals surface area contributed by atoms with Gasteiger partial charge in [-0.05, 0) is 18.5 Å². The van der Waals surface area contributed by atoms with Crippen LogP contribution in [0.4, 0.5) is 0 Å². The molecule has 3 nitrogen and oxygen atoms in total. The standard InChI is InChI=1S/C5H11O3P.2Li/c6-9(7,8)5-3-1-2-4-5;;/h5H,1-4H2,(H2,6,7,8);;/q;2*+1/p-2. The van der Waals surface area contributed by atoms with Crippen LogP contribution in [-0.2, 0) is 4.57 Å². The molecule has 6 heteroatoms. The van der Waals surface area contributed by atoms with Gasteiger partial charge in [-0.3, -0.25) is 0 Å². The zero-order valence-corrected chi connectivity index (χ0v) is 7.97. The summed E-state index contributed by atoms with van der Waals surface area (Å²) in [7, 11) is -4.21. The Balaban J connectivity index is 0. The molecule has 1 saturated carbocycles. The van der Waals surface area contributed by atoms with E-state index in [0.717, 1.165) is 12.8 Å². The van der Waals surface area contributed by atoms with E-state index in [4.69, 9.17) is 0 Å². The van der Waals surface area contributed by atoms with Gasteiger partial charge >= 0.3 is 37.7 Å². The second-order valence-corrected chi connectivity index (χ2v) is 4.29. The number of hydrogen-bond donors (Lipinski definition) is 0. The molecule has 0 unspecified atom stereocenters. The molecule has 0 heterocycles. The minimum Gasteiger partial charge on any atom is -0.811 e. The van der Waals surface area contributed by atoms with Crippen LogP contribution in [0, 0.1) is 0 Å². The van der Waals surface area contributed by atoms with Crippen molar-refractivity contribution < 1.29 is 52.1 Å². The van der Waals surface area contributed by atoms with Gasteiger partial charge < -0.3 is 14.4 Å². The fourth-order valence-corrected chi connectivity index (χ4v) is 2.22. The zero-order valence-electron chi connectivity index (χ0n) is 7.08. The van der Waals surface area contributed by atoms with Gasteiger partial charge in [0.1, 0.15) is 0 Å². The minimum atomic E-state index is -4.21. The van der Waals surface area contributed by atoms with Crippen molar-refractivity contribution in [3.8, 4) is 0 Å². The summed E-state index contributed by atoms with van der Waals surface area (Å²) in [6.07, 6.45) is 2.98. The van der Waals surface area contributed by atoms with Gasteiger partial charge in [-0.25, -0.2) is 0 Å². The van der Waals surface area contributed by atoms with E-state index in [1.807, 2.05) is 0 Å². The molecule has 0 aromatic carbocycles. The maximum Gasteiger partial charge on any atom is 1.00 e. The molecule has 0 radical (unpaired) electrons. The van der Waals surface area contributed by atoms with Crippen LogP contribution < -0.4 is 47.5 Å². The molecule has 0 saturated heterocycles. The second-order valence-electron chi connectivity index (χ2n) is 2.48. The Bertz CT molecular complexity index is 141. The van der Waals surface area contributed by atoms with Crippen molar-refractivity contribution in [1.29, 1.82) is 0 Å². The van der Waals surface area contributed by atoms with Crippen LogP contribution >= 0.6 is 7.60 Å². The van der Waals surface area contributed by atoms with Gasteiger partial charge in [0.05, 0.1) is 0 Å². The van der Waals surface area contributed by atoms with E-state index in [1.54, 1.807) is 0 Å². The largest absolute Gasteiger partial charge is 1.00 e. The smallest absolute Gasteiger partial charge is 0.811 e. The Labute approximate surface area is 90.8 Å². The van der Waals surface area contributed by atoms with Gasteiger partial charge in [0.15, 0.2) is 0 Å². The Kier molecular flexibility index (Phi) is 7.96. The predicted octanol–water partition coefficient (Wildman–Crippen LogP) is -6.15. The van der Waals surface area contributed by atoms with Gasteiger partial charge in [0.2, 0.25) is 0 Å². The van der Waals surface area contributed by atoms with Crippen molar-refractivity contribution in [2.45, 2.75) is 31.3 Å². The fourth-order valence-electron chi connectivity index (χ4n) is 1.22. The first-order chi connectivity index (χ1) is 4.11. The first-order valence-electron chi connectivity index (χ1n) is 3.12. The molecular weight excluding hydrogens is 153 g/mol. The molecular formula is C5H9Li2O3P. The Morgan fingerprint density at radius 2 is 1.45 bits per heavy atom. The van der Waals surface area contributed by atoms with Crippen molar-refractivity contribution in [3.05, 3.63) is 0 Å². The topological polar surface area (TPSA) is 63.2 Å². The van der Waals surface area contributed by atoms with Crippen LogP contribution in [0.25, 0.3) is 0 Å². The zero-order chi connectivity index (χ0) is 6.91. The van der Waals surface area contributed by atoms with Gasteiger partial charge in [0.25, 0.3) is 0 Å². The molecule has 1 aliphatic rings. The molecule has 1 aliphatic carbocycles. The molecule has 0 amide bonds. The maximum absolute atomic E-state index is 10.3. The molecule has 1 rings (SSSR count). The Morgan fingerprint density at radius 1 is 1.09 bits per heavy atom. The van der Waals surface area contributed by atoms with Gasteiger partial charge in [-0.2, -0.15) is 0 Å². The van der Waals surface area contributed by atoms with E-state index in [2.05, 4.69) is 0 Å². The number of rotatable bonds is 1. The molecule has 0 bridgehead atoms. The van der Waals surface area contributed by atoms with Crippen molar-refractivity contribution in [3.63, 3.8) is 0 Å².